The molecule has 7 heteroatoms. The molecule has 1 saturated heterocycles. The van der Waals surface area contributed by atoms with Gasteiger partial charge in [-0.15, -0.1) is 11.3 Å². The summed E-state index contributed by atoms with van der Waals surface area (Å²) in [6, 6.07) is 0.249. The Labute approximate surface area is 108 Å². The molecule has 0 bridgehead atoms. The van der Waals surface area contributed by atoms with Crippen LogP contribution >= 0.6 is 11.3 Å². The molecule has 2 unspecified atom stereocenters. The molecule has 0 amide bonds. The average molecular weight is 266 g/mol. The van der Waals surface area contributed by atoms with E-state index in [1.807, 2.05) is 5.38 Å². The lowest BCUT2D eigenvalue weighted by Crippen LogP contribution is -2.34. The zero-order chi connectivity index (χ0) is 12.4. The van der Waals surface area contributed by atoms with Gasteiger partial charge in [-0.3, -0.25) is 0 Å². The zero-order valence-electron chi connectivity index (χ0n) is 10.00. The highest BCUT2D eigenvalue weighted by Gasteiger charge is 2.33. The van der Waals surface area contributed by atoms with Gasteiger partial charge in [0, 0.05) is 11.4 Å². The van der Waals surface area contributed by atoms with Gasteiger partial charge < -0.3 is 14.6 Å². The van der Waals surface area contributed by atoms with Crippen LogP contribution in [0.4, 0.5) is 0 Å². The molecule has 1 fully saturated rings. The predicted molar refractivity (Wildman–Crippen MR) is 66.4 cm³/mol. The Morgan fingerprint density at radius 3 is 3.22 bits per heavy atom. The molecule has 1 aliphatic heterocycles. The highest BCUT2D eigenvalue weighted by molar-refractivity contribution is 7.07. The molecule has 1 N–H and O–H groups in total. The summed E-state index contributed by atoms with van der Waals surface area (Å²) >= 11 is 1.51. The molecular weight excluding hydrogens is 252 g/mol. The third-order valence-corrected chi connectivity index (χ3v) is 3.55. The van der Waals surface area contributed by atoms with E-state index >= 15 is 0 Å². The number of hydrogen-bond acceptors (Lipinski definition) is 7. The van der Waals surface area contributed by atoms with Crippen molar-refractivity contribution >= 4 is 11.3 Å². The standard InChI is InChI=1S/C11H14N4O2S/c1-2-12-8-4-16-3-7(8)11-14-10(15-17-11)9-5-18-6-13-9/h5-8,12H,2-4H2,1H3. The molecule has 6 nitrogen and oxygen atoms in total. The van der Waals surface area contributed by atoms with E-state index in [9.17, 15) is 0 Å². The molecule has 3 heterocycles. The lowest BCUT2D eigenvalue weighted by Gasteiger charge is -2.13. The fraction of sp³-hybridized carbons (Fsp3) is 0.545. The highest BCUT2D eigenvalue weighted by atomic mass is 32.1. The zero-order valence-corrected chi connectivity index (χ0v) is 10.8. The van der Waals surface area contributed by atoms with Gasteiger partial charge in [-0.1, -0.05) is 12.1 Å². The van der Waals surface area contributed by atoms with Crippen LogP contribution in [0.25, 0.3) is 11.5 Å². The normalized spacial score (nSPS) is 23.6. The van der Waals surface area contributed by atoms with Crippen molar-refractivity contribution in [2.24, 2.45) is 0 Å². The fourth-order valence-corrected chi connectivity index (χ4v) is 2.60. The summed E-state index contributed by atoms with van der Waals surface area (Å²) in [6.45, 7) is 4.28. The van der Waals surface area contributed by atoms with Crippen LogP contribution in [-0.2, 0) is 4.74 Å². The maximum Gasteiger partial charge on any atom is 0.234 e. The molecule has 18 heavy (non-hydrogen) atoms. The molecule has 0 aromatic carbocycles. The minimum atomic E-state index is 0.129. The van der Waals surface area contributed by atoms with Crippen molar-refractivity contribution in [2.75, 3.05) is 19.8 Å². The summed E-state index contributed by atoms with van der Waals surface area (Å²) in [5.74, 6) is 1.31. The molecular formula is C11H14N4O2S. The quantitative estimate of drug-likeness (QED) is 0.898. The summed E-state index contributed by atoms with van der Waals surface area (Å²) in [5.41, 5.74) is 2.51. The topological polar surface area (TPSA) is 73.1 Å². The predicted octanol–water partition coefficient (Wildman–Crippen LogP) is 1.28. The maximum absolute atomic E-state index is 5.47. The van der Waals surface area contributed by atoms with Crippen LogP contribution in [0.2, 0.25) is 0 Å². The number of rotatable bonds is 4. The number of nitrogens with one attached hydrogen (secondary N) is 1. The lowest BCUT2D eigenvalue weighted by molar-refractivity contribution is 0.185. The summed E-state index contributed by atoms with van der Waals surface area (Å²) in [6.07, 6.45) is 0. The summed E-state index contributed by atoms with van der Waals surface area (Å²) in [4.78, 5) is 8.58. The molecule has 2 aromatic heterocycles. The SMILES string of the molecule is CCNC1COCC1c1nc(-c2cscn2)no1. The van der Waals surface area contributed by atoms with Crippen LogP contribution in [0.5, 0.6) is 0 Å². The Morgan fingerprint density at radius 2 is 2.44 bits per heavy atom. The molecule has 2 atom stereocenters. The van der Waals surface area contributed by atoms with E-state index in [0.717, 1.165) is 12.2 Å². The van der Waals surface area contributed by atoms with Crippen molar-refractivity contribution in [3.05, 3.63) is 16.8 Å². The third kappa shape index (κ3) is 2.16. The van der Waals surface area contributed by atoms with Gasteiger partial charge in [0.2, 0.25) is 11.7 Å². The third-order valence-electron chi connectivity index (χ3n) is 2.97. The summed E-state index contributed by atoms with van der Waals surface area (Å²) in [5, 5.41) is 9.25. The van der Waals surface area contributed by atoms with Crippen molar-refractivity contribution in [2.45, 2.75) is 18.9 Å². The van der Waals surface area contributed by atoms with Crippen LogP contribution in [0.15, 0.2) is 15.4 Å². The smallest absolute Gasteiger partial charge is 0.234 e. The maximum atomic E-state index is 5.47. The Hall–Kier alpha value is -1.31. The van der Waals surface area contributed by atoms with E-state index < -0.39 is 0 Å². The summed E-state index contributed by atoms with van der Waals surface area (Å²) < 4.78 is 10.8. The Kier molecular flexibility index (Phi) is 3.35. The van der Waals surface area contributed by atoms with Gasteiger partial charge in [0.15, 0.2) is 0 Å². The minimum absolute atomic E-state index is 0.129. The number of nitrogens with zero attached hydrogens (tertiary/aromatic N) is 3. The number of hydrogen-bond donors (Lipinski definition) is 1. The van der Waals surface area contributed by atoms with Crippen LogP contribution in [-0.4, -0.2) is 40.9 Å². The van der Waals surface area contributed by atoms with E-state index in [-0.39, 0.29) is 12.0 Å². The van der Waals surface area contributed by atoms with Gasteiger partial charge >= 0.3 is 0 Å². The number of likely N-dealkylation sites (N-methyl/N-ethyl adjacent to an activating group) is 1. The minimum Gasteiger partial charge on any atom is -0.379 e. The number of ether oxygens (including phenoxy) is 1. The van der Waals surface area contributed by atoms with Crippen molar-refractivity contribution in [1.29, 1.82) is 0 Å². The van der Waals surface area contributed by atoms with E-state index in [1.165, 1.54) is 11.3 Å². The second-order valence-electron chi connectivity index (χ2n) is 4.14. The van der Waals surface area contributed by atoms with Gasteiger partial charge in [0.1, 0.15) is 5.69 Å². The first-order valence-corrected chi connectivity index (χ1v) is 6.86. The van der Waals surface area contributed by atoms with Crippen molar-refractivity contribution in [1.82, 2.24) is 20.4 Å². The fourth-order valence-electron chi connectivity index (χ4n) is 2.07. The van der Waals surface area contributed by atoms with Crippen molar-refractivity contribution in [3.63, 3.8) is 0 Å². The van der Waals surface area contributed by atoms with Gasteiger partial charge in [-0.05, 0) is 6.54 Å². The first kappa shape index (κ1) is 11.8. The lowest BCUT2D eigenvalue weighted by atomic mass is 10.0. The molecule has 2 aromatic rings. The first-order chi connectivity index (χ1) is 8.88. The molecule has 1 aliphatic rings. The molecule has 0 radical (unpaired) electrons. The highest BCUT2D eigenvalue weighted by Crippen LogP contribution is 2.26. The van der Waals surface area contributed by atoms with Crippen LogP contribution in [0.3, 0.4) is 0 Å². The van der Waals surface area contributed by atoms with Gasteiger partial charge in [0.25, 0.3) is 0 Å². The van der Waals surface area contributed by atoms with Crippen LogP contribution in [0.1, 0.15) is 18.7 Å². The Balaban J connectivity index is 1.80. The molecule has 0 aliphatic carbocycles. The average Bonchev–Trinajstić information content (AvgIpc) is 3.10. The number of aromatic nitrogens is 3. The molecule has 96 valence electrons. The monoisotopic (exact) mass is 266 g/mol. The molecule has 3 rings (SSSR count). The van der Waals surface area contributed by atoms with E-state index in [1.54, 1.807) is 5.51 Å². The van der Waals surface area contributed by atoms with E-state index in [4.69, 9.17) is 9.26 Å². The molecule has 0 spiro atoms. The largest absolute Gasteiger partial charge is 0.379 e. The Bertz CT molecular complexity index is 499. The van der Waals surface area contributed by atoms with Gasteiger partial charge in [-0.2, -0.15) is 4.98 Å². The van der Waals surface area contributed by atoms with Gasteiger partial charge in [0.05, 0.1) is 24.6 Å². The van der Waals surface area contributed by atoms with Crippen LogP contribution in [0, 0.1) is 0 Å². The van der Waals surface area contributed by atoms with E-state index in [0.29, 0.717) is 24.9 Å². The van der Waals surface area contributed by atoms with Crippen molar-refractivity contribution < 1.29 is 9.26 Å². The molecule has 0 saturated carbocycles. The van der Waals surface area contributed by atoms with Crippen molar-refractivity contribution in [3.8, 4) is 11.5 Å². The first-order valence-electron chi connectivity index (χ1n) is 5.91. The van der Waals surface area contributed by atoms with Gasteiger partial charge in [-0.25, -0.2) is 4.98 Å². The number of thiazole rings is 1. The van der Waals surface area contributed by atoms with Crippen LogP contribution < -0.4 is 5.32 Å². The second kappa shape index (κ2) is 5.13. The van der Waals surface area contributed by atoms with E-state index in [2.05, 4.69) is 27.4 Å². The second-order valence-corrected chi connectivity index (χ2v) is 4.86. The Morgan fingerprint density at radius 1 is 1.50 bits per heavy atom. The summed E-state index contributed by atoms with van der Waals surface area (Å²) in [7, 11) is 0.